The van der Waals surface area contributed by atoms with Gasteiger partial charge < -0.3 is 15.2 Å². The summed E-state index contributed by atoms with van der Waals surface area (Å²) in [5.74, 6) is 0.218. The van der Waals surface area contributed by atoms with Crippen LogP contribution in [0.3, 0.4) is 0 Å². The lowest BCUT2D eigenvalue weighted by Crippen LogP contribution is -2.38. The van der Waals surface area contributed by atoms with Crippen LogP contribution < -0.4 is 10.5 Å². The Labute approximate surface area is 136 Å². The molecule has 0 bridgehead atoms. The van der Waals surface area contributed by atoms with Crippen LogP contribution in [0.1, 0.15) is 28.2 Å². The van der Waals surface area contributed by atoms with Crippen molar-refractivity contribution >= 4 is 5.97 Å². The van der Waals surface area contributed by atoms with Gasteiger partial charge in [-0.25, -0.2) is 0 Å². The first kappa shape index (κ1) is 15.6. The molecular formula is C19H21NO3. The van der Waals surface area contributed by atoms with E-state index in [1.54, 1.807) is 7.11 Å². The third kappa shape index (κ3) is 2.82. The number of hydrogen-bond donors (Lipinski definition) is 1. The second-order valence-electron chi connectivity index (χ2n) is 5.79. The zero-order chi connectivity index (χ0) is 16.4. The fourth-order valence-corrected chi connectivity index (χ4v) is 3.39. The quantitative estimate of drug-likeness (QED) is 0.884. The first-order valence-corrected chi connectivity index (χ1v) is 7.73. The number of benzene rings is 2. The Kier molecular flexibility index (Phi) is 4.35. The Hall–Kier alpha value is -2.33. The Balaban J connectivity index is 2.17. The number of aryl methyl sites for hydroxylation is 2. The van der Waals surface area contributed by atoms with Crippen LogP contribution in [0.5, 0.6) is 5.75 Å². The molecule has 0 aromatic heterocycles. The molecule has 4 heteroatoms. The number of fused-ring (bicyclic) bond motifs is 2. The second kappa shape index (κ2) is 6.42. The molecule has 0 aliphatic heterocycles. The molecule has 23 heavy (non-hydrogen) atoms. The molecule has 1 aliphatic carbocycles. The van der Waals surface area contributed by atoms with Crippen LogP contribution in [-0.4, -0.2) is 26.2 Å². The van der Waals surface area contributed by atoms with Crippen LogP contribution in [0.2, 0.25) is 0 Å². The summed E-state index contributed by atoms with van der Waals surface area (Å²) < 4.78 is 10.2. The molecule has 0 radical (unpaired) electrons. The number of carbonyl (C=O) groups excluding carboxylic acids is 1. The smallest absolute Gasteiger partial charge is 0.323 e. The minimum Gasteiger partial charge on any atom is -0.497 e. The van der Waals surface area contributed by atoms with E-state index in [2.05, 4.69) is 12.1 Å². The fraction of sp³-hybridized carbons (Fsp3) is 0.316. The molecule has 2 unspecified atom stereocenters. The van der Waals surface area contributed by atoms with Crippen LogP contribution in [-0.2, 0) is 22.4 Å². The summed E-state index contributed by atoms with van der Waals surface area (Å²) in [6, 6.07) is 13.4. The van der Waals surface area contributed by atoms with E-state index in [1.807, 2.05) is 30.3 Å². The number of esters is 1. The SMILES string of the molecule is COC(=O)C(N)C1c2ccccc2CCc2cc(OC)ccc21. The van der Waals surface area contributed by atoms with Crippen molar-refractivity contribution in [1.29, 1.82) is 0 Å². The maximum atomic E-state index is 12.1. The van der Waals surface area contributed by atoms with Gasteiger partial charge in [0.05, 0.1) is 14.2 Å². The van der Waals surface area contributed by atoms with Crippen molar-refractivity contribution < 1.29 is 14.3 Å². The van der Waals surface area contributed by atoms with E-state index in [-0.39, 0.29) is 5.92 Å². The molecule has 0 fully saturated rings. The van der Waals surface area contributed by atoms with Gasteiger partial charge >= 0.3 is 5.97 Å². The zero-order valence-corrected chi connectivity index (χ0v) is 13.4. The number of hydrogen-bond acceptors (Lipinski definition) is 4. The van der Waals surface area contributed by atoms with Crippen LogP contribution in [0.4, 0.5) is 0 Å². The van der Waals surface area contributed by atoms with Gasteiger partial charge in [0, 0.05) is 5.92 Å². The Bertz CT molecular complexity index is 726. The van der Waals surface area contributed by atoms with Crippen LogP contribution in [0.25, 0.3) is 0 Å². The summed E-state index contributed by atoms with van der Waals surface area (Å²) in [5.41, 5.74) is 10.8. The molecule has 0 saturated heterocycles. The van der Waals surface area contributed by atoms with Crippen molar-refractivity contribution in [3.63, 3.8) is 0 Å². The normalized spacial score (nSPS) is 17.4. The molecule has 0 spiro atoms. The van der Waals surface area contributed by atoms with Gasteiger partial charge in [-0.3, -0.25) is 4.79 Å². The topological polar surface area (TPSA) is 61.5 Å². The maximum absolute atomic E-state index is 12.1. The fourth-order valence-electron chi connectivity index (χ4n) is 3.39. The monoisotopic (exact) mass is 311 g/mol. The first-order chi connectivity index (χ1) is 11.2. The van der Waals surface area contributed by atoms with Gasteiger partial charge in [0.15, 0.2) is 0 Å². The van der Waals surface area contributed by atoms with Crippen molar-refractivity contribution in [2.75, 3.05) is 14.2 Å². The molecule has 0 heterocycles. The van der Waals surface area contributed by atoms with Crippen molar-refractivity contribution in [3.8, 4) is 5.75 Å². The van der Waals surface area contributed by atoms with Gasteiger partial charge in [0.2, 0.25) is 0 Å². The minimum absolute atomic E-state index is 0.206. The van der Waals surface area contributed by atoms with Gasteiger partial charge in [-0.05, 0) is 47.2 Å². The second-order valence-corrected chi connectivity index (χ2v) is 5.79. The number of ether oxygens (including phenoxy) is 2. The third-order valence-electron chi connectivity index (χ3n) is 4.57. The largest absolute Gasteiger partial charge is 0.497 e. The standard InChI is InChI=1S/C19H21NO3/c1-22-14-9-10-16-13(11-14)8-7-12-5-3-4-6-15(12)17(16)18(20)19(21)23-2/h3-6,9-11,17-18H,7-8,20H2,1-2H3. The number of carbonyl (C=O) groups is 1. The number of methoxy groups -OCH3 is 2. The zero-order valence-electron chi connectivity index (χ0n) is 13.4. The maximum Gasteiger partial charge on any atom is 0.323 e. The molecule has 120 valence electrons. The molecule has 2 aromatic rings. The summed E-state index contributed by atoms with van der Waals surface area (Å²) in [6.45, 7) is 0. The third-order valence-corrected chi connectivity index (χ3v) is 4.57. The predicted molar refractivity (Wildman–Crippen MR) is 88.7 cm³/mol. The highest BCUT2D eigenvalue weighted by atomic mass is 16.5. The van der Waals surface area contributed by atoms with Gasteiger partial charge in [0.25, 0.3) is 0 Å². The van der Waals surface area contributed by atoms with Crippen molar-refractivity contribution in [1.82, 2.24) is 0 Å². The molecular weight excluding hydrogens is 290 g/mol. The van der Waals surface area contributed by atoms with E-state index in [1.165, 1.54) is 18.2 Å². The molecule has 0 amide bonds. The lowest BCUT2D eigenvalue weighted by Gasteiger charge is -2.25. The van der Waals surface area contributed by atoms with E-state index in [0.717, 1.165) is 29.7 Å². The average Bonchev–Trinajstić information content (AvgIpc) is 2.76. The molecule has 0 saturated carbocycles. The van der Waals surface area contributed by atoms with E-state index in [9.17, 15) is 4.79 Å². The number of nitrogens with two attached hydrogens (primary N) is 1. The lowest BCUT2D eigenvalue weighted by atomic mass is 9.83. The molecule has 2 aromatic carbocycles. The highest BCUT2D eigenvalue weighted by Gasteiger charge is 2.33. The lowest BCUT2D eigenvalue weighted by molar-refractivity contribution is -0.142. The van der Waals surface area contributed by atoms with E-state index in [0.29, 0.717) is 0 Å². The van der Waals surface area contributed by atoms with Gasteiger partial charge in [-0.15, -0.1) is 0 Å². The summed E-state index contributed by atoms with van der Waals surface area (Å²) >= 11 is 0. The number of rotatable bonds is 3. The summed E-state index contributed by atoms with van der Waals surface area (Å²) in [7, 11) is 3.03. The van der Waals surface area contributed by atoms with E-state index < -0.39 is 12.0 Å². The molecule has 2 atom stereocenters. The molecule has 1 aliphatic rings. The predicted octanol–water partition coefficient (Wildman–Crippen LogP) is 2.43. The average molecular weight is 311 g/mol. The van der Waals surface area contributed by atoms with Gasteiger partial charge in [-0.1, -0.05) is 30.3 Å². The van der Waals surface area contributed by atoms with E-state index >= 15 is 0 Å². The van der Waals surface area contributed by atoms with Crippen molar-refractivity contribution in [3.05, 3.63) is 64.7 Å². The molecule has 4 nitrogen and oxygen atoms in total. The Morgan fingerprint density at radius 3 is 2.52 bits per heavy atom. The summed E-state index contributed by atoms with van der Waals surface area (Å²) in [5, 5.41) is 0. The van der Waals surface area contributed by atoms with E-state index in [4.69, 9.17) is 15.2 Å². The van der Waals surface area contributed by atoms with Crippen molar-refractivity contribution in [2.24, 2.45) is 5.73 Å². The minimum atomic E-state index is -0.730. The van der Waals surface area contributed by atoms with Gasteiger partial charge in [0.1, 0.15) is 11.8 Å². The molecule has 2 N–H and O–H groups in total. The molecule has 3 rings (SSSR count). The first-order valence-electron chi connectivity index (χ1n) is 7.73. The Morgan fingerprint density at radius 1 is 1.09 bits per heavy atom. The summed E-state index contributed by atoms with van der Waals surface area (Å²) in [6.07, 6.45) is 1.81. The highest BCUT2D eigenvalue weighted by Crippen LogP contribution is 2.37. The van der Waals surface area contributed by atoms with Crippen LogP contribution >= 0.6 is 0 Å². The summed E-state index contributed by atoms with van der Waals surface area (Å²) in [4.78, 5) is 12.1. The Morgan fingerprint density at radius 2 is 1.78 bits per heavy atom. The van der Waals surface area contributed by atoms with Gasteiger partial charge in [-0.2, -0.15) is 0 Å². The van der Waals surface area contributed by atoms with Crippen LogP contribution in [0.15, 0.2) is 42.5 Å². The van der Waals surface area contributed by atoms with Crippen molar-refractivity contribution in [2.45, 2.75) is 24.8 Å². The van der Waals surface area contributed by atoms with Crippen LogP contribution in [0, 0.1) is 0 Å². The highest BCUT2D eigenvalue weighted by molar-refractivity contribution is 5.78.